The summed E-state index contributed by atoms with van der Waals surface area (Å²) in [5.41, 5.74) is -0.479. The van der Waals surface area contributed by atoms with Crippen molar-refractivity contribution in [2.45, 2.75) is 32.2 Å². The van der Waals surface area contributed by atoms with E-state index in [2.05, 4.69) is 9.97 Å². The molecule has 0 aliphatic rings. The quantitative estimate of drug-likeness (QED) is 0.227. The summed E-state index contributed by atoms with van der Waals surface area (Å²) < 4.78 is 46.6. The summed E-state index contributed by atoms with van der Waals surface area (Å²) in [4.78, 5) is 33.3. The van der Waals surface area contributed by atoms with Crippen LogP contribution in [0.5, 0.6) is 0 Å². The molecule has 0 atom stereocenters. The van der Waals surface area contributed by atoms with Crippen LogP contribution >= 0.6 is 0 Å². The maximum atomic E-state index is 13.3. The average molecular weight is 484 g/mol. The number of hydrogen-bond acceptors (Lipinski definition) is 6. The molecule has 0 aliphatic carbocycles. The lowest BCUT2D eigenvalue weighted by Gasteiger charge is -2.14. The predicted octanol–water partition coefficient (Wildman–Crippen LogP) is 3.17. The number of esters is 1. The zero-order chi connectivity index (χ0) is 25.0. The van der Waals surface area contributed by atoms with E-state index in [-0.39, 0.29) is 48.5 Å². The molecule has 8 nitrogen and oxygen atoms in total. The Morgan fingerprint density at radius 1 is 1.11 bits per heavy atom. The third-order valence-corrected chi connectivity index (χ3v) is 5.24. The lowest BCUT2D eigenvalue weighted by molar-refractivity contribution is -0.620. The number of rotatable bonds is 7. The Morgan fingerprint density at radius 2 is 1.89 bits per heavy atom. The molecule has 0 bridgehead atoms. The molecule has 0 N–H and O–H groups in total. The van der Waals surface area contributed by atoms with Gasteiger partial charge in [-0.1, -0.05) is 30.3 Å². The number of carbonyl (C=O) groups excluding carboxylic acids is 1. The Balaban J connectivity index is 1.62. The van der Waals surface area contributed by atoms with E-state index in [0.717, 1.165) is 17.7 Å². The molecule has 0 radical (unpaired) electrons. The average Bonchev–Trinajstić information content (AvgIpc) is 2.84. The maximum absolute atomic E-state index is 13.3. The number of alkyl halides is 3. The van der Waals surface area contributed by atoms with Crippen LogP contribution in [0.4, 0.5) is 13.2 Å². The monoisotopic (exact) mass is 484 g/mol. The molecule has 0 unspecified atom stereocenters. The third-order valence-electron chi connectivity index (χ3n) is 5.24. The minimum atomic E-state index is -4.58. The van der Waals surface area contributed by atoms with Crippen LogP contribution in [0.2, 0.25) is 0 Å². The zero-order valence-electron chi connectivity index (χ0n) is 18.2. The number of ether oxygens (including phenoxy) is 1. The molecule has 180 valence electrons. The minimum absolute atomic E-state index is 0.0143. The van der Waals surface area contributed by atoms with Crippen molar-refractivity contribution in [3.05, 3.63) is 105 Å². The summed E-state index contributed by atoms with van der Waals surface area (Å²) in [5.74, 6) is -0.731. The van der Waals surface area contributed by atoms with Crippen molar-refractivity contribution < 1.29 is 27.4 Å². The second kappa shape index (κ2) is 9.92. The molecule has 2 aromatic heterocycles. The zero-order valence-corrected chi connectivity index (χ0v) is 18.2. The van der Waals surface area contributed by atoms with Gasteiger partial charge in [0.25, 0.3) is 5.56 Å². The van der Waals surface area contributed by atoms with E-state index in [4.69, 9.17) is 4.74 Å². The lowest BCUT2D eigenvalue weighted by atomic mass is 10.1. The van der Waals surface area contributed by atoms with Gasteiger partial charge < -0.3 is 14.5 Å². The van der Waals surface area contributed by atoms with Crippen LogP contribution in [-0.4, -0.2) is 20.5 Å². The summed E-state index contributed by atoms with van der Waals surface area (Å²) in [7, 11) is 0. The van der Waals surface area contributed by atoms with Crippen molar-refractivity contribution in [3.8, 4) is 0 Å². The fourth-order valence-electron chi connectivity index (χ4n) is 3.49. The van der Waals surface area contributed by atoms with Gasteiger partial charge in [-0.2, -0.15) is 13.2 Å². The van der Waals surface area contributed by atoms with Gasteiger partial charge in [0.1, 0.15) is 11.9 Å². The number of nitrogens with zero attached hydrogens (tertiary/aromatic N) is 4. The second-order valence-electron chi connectivity index (χ2n) is 7.66. The van der Waals surface area contributed by atoms with Crippen LogP contribution in [-0.2, 0) is 35.3 Å². The van der Waals surface area contributed by atoms with Crippen molar-refractivity contribution >= 4 is 17.0 Å². The molecule has 0 amide bonds. The first-order valence-electron chi connectivity index (χ1n) is 10.6. The molecule has 4 rings (SSSR count). The predicted molar refractivity (Wildman–Crippen MR) is 118 cm³/mol. The number of aromatic nitrogens is 4. The normalized spacial score (nSPS) is 11.5. The Labute approximate surface area is 196 Å². The fourth-order valence-corrected chi connectivity index (χ4v) is 3.49. The first kappa shape index (κ1) is 23.9. The van der Waals surface area contributed by atoms with E-state index >= 15 is 0 Å². The number of benzene rings is 2. The number of aryl methyl sites for hydroxylation is 1. The van der Waals surface area contributed by atoms with Gasteiger partial charge in [-0.25, -0.2) is 9.71 Å². The Bertz CT molecular complexity index is 1420. The summed E-state index contributed by atoms with van der Waals surface area (Å²) in [6, 6.07) is 13.4. The number of fused-ring (bicyclic) bond motifs is 1. The highest BCUT2D eigenvalue weighted by Crippen LogP contribution is 2.31. The highest BCUT2D eigenvalue weighted by atomic mass is 19.4. The van der Waals surface area contributed by atoms with Crippen LogP contribution < -0.4 is 10.3 Å². The molecule has 0 aliphatic heterocycles. The molecule has 0 saturated heterocycles. The van der Waals surface area contributed by atoms with Crippen LogP contribution in [0.25, 0.3) is 11.0 Å². The Morgan fingerprint density at radius 3 is 2.60 bits per heavy atom. The highest BCUT2D eigenvalue weighted by molar-refractivity contribution is 5.76. The van der Waals surface area contributed by atoms with Gasteiger partial charge in [-0.05, 0) is 28.7 Å². The smallest absolute Gasteiger partial charge is 0.416 e. The van der Waals surface area contributed by atoms with Gasteiger partial charge >= 0.3 is 18.0 Å². The molecule has 2 heterocycles. The van der Waals surface area contributed by atoms with Gasteiger partial charge in [-0.15, -0.1) is 0 Å². The molecule has 35 heavy (non-hydrogen) atoms. The second-order valence-corrected chi connectivity index (χ2v) is 7.66. The fraction of sp³-hybridized carbons (Fsp3) is 0.208. The van der Waals surface area contributed by atoms with Crippen molar-refractivity contribution in [3.63, 3.8) is 0 Å². The van der Waals surface area contributed by atoms with E-state index < -0.39 is 23.3 Å². The summed E-state index contributed by atoms with van der Waals surface area (Å²) >= 11 is 0. The Kier molecular flexibility index (Phi) is 6.76. The standard InChI is InChI=1S/C24H19F3N4O4/c25-24(26,27)17-7-9-20-19(13-17)29-18(23(33)30(20)14-16-5-2-1-3-6-16)8-10-22(32)35-15-21-28-11-4-12-31(21)34/h1-7,9,11-13H,8,10,14-15H2. The van der Waals surface area contributed by atoms with E-state index in [0.29, 0.717) is 4.73 Å². The first-order chi connectivity index (χ1) is 16.7. The first-order valence-corrected chi connectivity index (χ1v) is 10.6. The van der Waals surface area contributed by atoms with Gasteiger partial charge in [0.2, 0.25) is 0 Å². The van der Waals surface area contributed by atoms with Crippen LogP contribution in [0.3, 0.4) is 0 Å². The van der Waals surface area contributed by atoms with E-state index in [9.17, 15) is 28.0 Å². The van der Waals surface area contributed by atoms with Crippen LogP contribution in [0.15, 0.2) is 71.8 Å². The molecule has 0 fully saturated rings. The van der Waals surface area contributed by atoms with Crippen LogP contribution in [0.1, 0.15) is 29.1 Å². The van der Waals surface area contributed by atoms with Crippen molar-refractivity contribution in [2.24, 2.45) is 0 Å². The molecular weight excluding hydrogens is 465 g/mol. The van der Waals surface area contributed by atoms with Gasteiger partial charge in [-0.3, -0.25) is 9.59 Å². The highest BCUT2D eigenvalue weighted by Gasteiger charge is 2.31. The minimum Gasteiger partial charge on any atom is -0.711 e. The van der Waals surface area contributed by atoms with Crippen molar-refractivity contribution in [1.82, 2.24) is 14.5 Å². The Hall–Kier alpha value is -4.28. The summed E-state index contributed by atoms with van der Waals surface area (Å²) in [5, 5.41) is 11.6. The molecule has 4 aromatic rings. The summed E-state index contributed by atoms with van der Waals surface area (Å²) in [6.07, 6.45) is -2.41. The molecular formula is C24H19F3N4O4. The number of halogens is 3. The number of carbonyl (C=O) groups is 1. The number of hydrogen-bond donors (Lipinski definition) is 0. The maximum Gasteiger partial charge on any atom is 0.416 e. The molecule has 0 spiro atoms. The van der Waals surface area contributed by atoms with Gasteiger partial charge in [0, 0.05) is 12.5 Å². The van der Waals surface area contributed by atoms with E-state index in [1.165, 1.54) is 29.1 Å². The largest absolute Gasteiger partial charge is 0.711 e. The molecule has 0 saturated carbocycles. The van der Waals surface area contributed by atoms with Gasteiger partial charge in [0.15, 0.2) is 6.61 Å². The molecule has 11 heteroatoms. The molecule has 2 aromatic carbocycles. The van der Waals surface area contributed by atoms with Crippen LogP contribution in [0, 0.1) is 5.21 Å². The van der Waals surface area contributed by atoms with Crippen molar-refractivity contribution in [1.29, 1.82) is 0 Å². The van der Waals surface area contributed by atoms with E-state index in [1.807, 2.05) is 6.07 Å². The summed E-state index contributed by atoms with van der Waals surface area (Å²) in [6.45, 7) is -0.244. The topological polar surface area (TPSA) is 101 Å². The third kappa shape index (κ3) is 5.62. The van der Waals surface area contributed by atoms with Crippen molar-refractivity contribution in [2.75, 3.05) is 0 Å². The SMILES string of the molecule is O=C(CCc1nc2cc(C(F)(F)F)ccc2n(Cc2ccccc2)c1=O)OCc1nccc[n+]1[O-]. The lowest BCUT2D eigenvalue weighted by Crippen LogP contribution is -2.33. The van der Waals surface area contributed by atoms with E-state index in [1.54, 1.807) is 24.3 Å². The van der Waals surface area contributed by atoms with Gasteiger partial charge in [0.05, 0.1) is 35.8 Å².